The van der Waals surface area contributed by atoms with Gasteiger partial charge in [-0.15, -0.1) is 0 Å². The monoisotopic (exact) mass is 881 g/mol. The second-order valence-electron chi connectivity index (χ2n) is 17.8. The predicted octanol–water partition coefficient (Wildman–Crippen LogP) is 17.6. The van der Waals surface area contributed by atoms with E-state index in [-0.39, 0.29) is 37.5 Å². The first-order valence-electron chi connectivity index (χ1n) is 26.8. The zero-order chi connectivity index (χ0) is 45.8. The second kappa shape index (κ2) is 51.7. The third kappa shape index (κ3) is 50.0. The van der Waals surface area contributed by atoms with E-state index >= 15 is 0 Å². The van der Waals surface area contributed by atoms with Gasteiger partial charge in [0.1, 0.15) is 13.2 Å². The first-order chi connectivity index (χ1) is 31.0. The maximum absolute atomic E-state index is 12.8. The van der Waals surface area contributed by atoms with Crippen LogP contribution in [0.15, 0.2) is 60.8 Å². The molecule has 0 saturated heterocycles. The van der Waals surface area contributed by atoms with Gasteiger partial charge in [-0.25, -0.2) is 0 Å². The molecule has 0 aromatic carbocycles. The molecule has 0 N–H and O–H groups in total. The summed E-state index contributed by atoms with van der Waals surface area (Å²) in [6.45, 7) is 6.45. The van der Waals surface area contributed by atoms with Crippen LogP contribution in [0.2, 0.25) is 0 Å². The maximum Gasteiger partial charge on any atom is 0.306 e. The number of hydrogen-bond donors (Lipinski definition) is 0. The SMILES string of the molecule is CC/C=C\C/C=C\C/C=C\CCCC(=O)OCC(COC(=O)CCCCCCCCCCCCCCCCCCCCC)OC(=O)CCCCCCCC/C=C\C=C/CCCCC. The fraction of sp³-hybridized carbons (Fsp3) is 0.772. The lowest BCUT2D eigenvalue weighted by atomic mass is 10.0. The van der Waals surface area contributed by atoms with E-state index in [0.717, 1.165) is 77.0 Å². The molecule has 63 heavy (non-hydrogen) atoms. The summed E-state index contributed by atoms with van der Waals surface area (Å²) < 4.78 is 16.7. The van der Waals surface area contributed by atoms with E-state index in [9.17, 15) is 14.4 Å². The molecule has 0 aliphatic heterocycles. The van der Waals surface area contributed by atoms with Crippen molar-refractivity contribution in [1.82, 2.24) is 0 Å². The molecule has 0 bridgehead atoms. The molecule has 0 aliphatic carbocycles. The molecule has 0 saturated carbocycles. The highest BCUT2D eigenvalue weighted by Crippen LogP contribution is 2.16. The van der Waals surface area contributed by atoms with E-state index in [1.807, 2.05) is 0 Å². The molecule has 6 nitrogen and oxygen atoms in total. The van der Waals surface area contributed by atoms with E-state index < -0.39 is 6.10 Å². The Kier molecular flexibility index (Phi) is 49.4. The number of allylic oxidation sites excluding steroid dienone is 10. The van der Waals surface area contributed by atoms with E-state index in [4.69, 9.17) is 14.2 Å². The number of rotatable bonds is 48. The van der Waals surface area contributed by atoms with Gasteiger partial charge < -0.3 is 14.2 Å². The number of carbonyl (C=O) groups is 3. The Labute approximate surface area is 390 Å². The summed E-state index contributed by atoms with van der Waals surface area (Å²) in [7, 11) is 0. The van der Waals surface area contributed by atoms with E-state index in [2.05, 4.69) is 81.5 Å². The molecule has 364 valence electrons. The molecule has 1 unspecified atom stereocenters. The van der Waals surface area contributed by atoms with Crippen molar-refractivity contribution >= 4 is 17.9 Å². The highest BCUT2D eigenvalue weighted by molar-refractivity contribution is 5.71. The fourth-order valence-corrected chi connectivity index (χ4v) is 7.52. The average Bonchev–Trinajstić information content (AvgIpc) is 3.28. The normalized spacial score (nSPS) is 12.5. The quantitative estimate of drug-likeness (QED) is 0.0199. The fourth-order valence-electron chi connectivity index (χ4n) is 7.52. The van der Waals surface area contributed by atoms with Gasteiger partial charge in [0, 0.05) is 19.3 Å². The molecule has 0 aromatic rings. The third-order valence-electron chi connectivity index (χ3n) is 11.5. The molecule has 0 aliphatic rings. The van der Waals surface area contributed by atoms with Crippen LogP contribution in [-0.2, 0) is 28.6 Å². The Hall–Kier alpha value is -2.89. The molecular weight excluding hydrogens is 781 g/mol. The zero-order valence-electron chi connectivity index (χ0n) is 41.6. The van der Waals surface area contributed by atoms with Crippen molar-refractivity contribution < 1.29 is 28.6 Å². The van der Waals surface area contributed by atoms with Gasteiger partial charge in [-0.05, 0) is 70.6 Å². The van der Waals surface area contributed by atoms with Crippen LogP contribution in [0.5, 0.6) is 0 Å². The van der Waals surface area contributed by atoms with Crippen molar-refractivity contribution in [2.24, 2.45) is 0 Å². The number of esters is 3. The largest absolute Gasteiger partial charge is 0.462 e. The Balaban J connectivity index is 4.35. The van der Waals surface area contributed by atoms with E-state index in [1.54, 1.807) is 0 Å². The van der Waals surface area contributed by atoms with Crippen LogP contribution >= 0.6 is 0 Å². The van der Waals surface area contributed by atoms with Gasteiger partial charge in [0.15, 0.2) is 6.10 Å². The van der Waals surface area contributed by atoms with Gasteiger partial charge in [-0.1, -0.05) is 236 Å². The molecule has 1 atom stereocenters. The average molecular weight is 881 g/mol. The lowest BCUT2D eigenvalue weighted by molar-refractivity contribution is -0.167. The summed E-state index contributed by atoms with van der Waals surface area (Å²) in [4.78, 5) is 37.9. The molecular formula is C57H100O6. The van der Waals surface area contributed by atoms with Crippen LogP contribution < -0.4 is 0 Å². The van der Waals surface area contributed by atoms with Crippen LogP contribution in [0.4, 0.5) is 0 Å². The molecule has 0 aromatic heterocycles. The number of ether oxygens (including phenoxy) is 3. The molecule has 0 spiro atoms. The Bertz CT molecular complexity index is 1150. The first kappa shape index (κ1) is 60.1. The highest BCUT2D eigenvalue weighted by Gasteiger charge is 2.19. The molecule has 0 amide bonds. The summed E-state index contributed by atoms with van der Waals surface area (Å²) in [5, 5.41) is 0. The lowest BCUT2D eigenvalue weighted by Gasteiger charge is -2.18. The smallest absolute Gasteiger partial charge is 0.306 e. The minimum absolute atomic E-state index is 0.0927. The maximum atomic E-state index is 12.8. The van der Waals surface area contributed by atoms with Crippen molar-refractivity contribution in [1.29, 1.82) is 0 Å². The molecule has 0 fully saturated rings. The van der Waals surface area contributed by atoms with Crippen LogP contribution in [0, 0.1) is 0 Å². The van der Waals surface area contributed by atoms with Crippen LogP contribution in [0.1, 0.15) is 265 Å². The third-order valence-corrected chi connectivity index (χ3v) is 11.5. The molecule has 0 rings (SSSR count). The standard InChI is InChI=1S/C57H100O6/c1-4-7-10-13-16-19-22-24-26-27-28-29-31-32-35-38-41-44-47-50-56(59)62-53-54(52-61-55(58)49-46-43-40-37-34-21-18-15-12-9-6-3)63-57(60)51-48-45-42-39-36-33-30-25-23-20-17-14-11-8-5-2/h9,12,17-18,20-21,23,25,37,40,54H,4-8,10-11,13-16,19,22,24,26-36,38-39,41-53H2,1-3H3/b12-9-,20-17-,21-18-,25-23-,40-37-. The van der Waals surface area contributed by atoms with Gasteiger partial charge in [0.25, 0.3) is 0 Å². The van der Waals surface area contributed by atoms with Crippen LogP contribution in [0.25, 0.3) is 0 Å². The number of carbonyl (C=O) groups excluding carboxylic acids is 3. The van der Waals surface area contributed by atoms with Crippen LogP contribution in [0.3, 0.4) is 0 Å². The molecule has 0 radical (unpaired) electrons. The summed E-state index contributed by atoms with van der Waals surface area (Å²) in [5.74, 6) is -0.955. The second-order valence-corrected chi connectivity index (χ2v) is 17.8. The summed E-state index contributed by atoms with van der Waals surface area (Å²) >= 11 is 0. The summed E-state index contributed by atoms with van der Waals surface area (Å²) in [6.07, 6.45) is 63.6. The van der Waals surface area contributed by atoms with Crippen molar-refractivity contribution in [2.75, 3.05) is 13.2 Å². The summed E-state index contributed by atoms with van der Waals surface area (Å²) in [6, 6.07) is 0. The van der Waals surface area contributed by atoms with E-state index in [1.165, 1.54) is 141 Å². The van der Waals surface area contributed by atoms with Crippen molar-refractivity contribution in [2.45, 2.75) is 271 Å². The van der Waals surface area contributed by atoms with Crippen molar-refractivity contribution in [3.05, 3.63) is 60.8 Å². The topological polar surface area (TPSA) is 78.9 Å². The van der Waals surface area contributed by atoms with Gasteiger partial charge in [0.2, 0.25) is 0 Å². The number of unbranched alkanes of at least 4 members (excludes halogenated alkanes) is 28. The van der Waals surface area contributed by atoms with Gasteiger partial charge in [-0.2, -0.15) is 0 Å². The summed E-state index contributed by atoms with van der Waals surface area (Å²) in [5.41, 5.74) is 0. The Morgan fingerprint density at radius 1 is 0.349 bits per heavy atom. The molecule has 6 heteroatoms. The van der Waals surface area contributed by atoms with Gasteiger partial charge in [-0.3, -0.25) is 14.4 Å². The lowest BCUT2D eigenvalue weighted by Crippen LogP contribution is -2.30. The predicted molar refractivity (Wildman–Crippen MR) is 270 cm³/mol. The van der Waals surface area contributed by atoms with Crippen molar-refractivity contribution in [3.8, 4) is 0 Å². The first-order valence-corrected chi connectivity index (χ1v) is 26.8. The minimum Gasteiger partial charge on any atom is -0.462 e. The number of hydrogen-bond acceptors (Lipinski definition) is 6. The molecule has 0 heterocycles. The zero-order valence-corrected chi connectivity index (χ0v) is 41.6. The minimum atomic E-state index is -0.798. The van der Waals surface area contributed by atoms with E-state index in [0.29, 0.717) is 19.3 Å². The Morgan fingerprint density at radius 2 is 0.683 bits per heavy atom. The van der Waals surface area contributed by atoms with Crippen molar-refractivity contribution in [3.63, 3.8) is 0 Å². The Morgan fingerprint density at radius 3 is 1.14 bits per heavy atom. The van der Waals surface area contributed by atoms with Gasteiger partial charge >= 0.3 is 17.9 Å². The highest BCUT2D eigenvalue weighted by atomic mass is 16.6. The van der Waals surface area contributed by atoms with Gasteiger partial charge in [0.05, 0.1) is 0 Å². The van der Waals surface area contributed by atoms with Crippen LogP contribution in [-0.4, -0.2) is 37.2 Å².